The second-order valence-electron chi connectivity index (χ2n) is 4.44. The van der Waals surface area contributed by atoms with Crippen molar-refractivity contribution in [2.75, 3.05) is 5.32 Å². The first-order valence-corrected chi connectivity index (χ1v) is 6.74. The van der Waals surface area contributed by atoms with Gasteiger partial charge in [-0.2, -0.15) is 0 Å². The number of thiophene rings is 1. The van der Waals surface area contributed by atoms with Gasteiger partial charge in [-0.15, -0.1) is 11.3 Å². The molecule has 0 spiro atoms. The van der Waals surface area contributed by atoms with Gasteiger partial charge >= 0.3 is 6.03 Å². The van der Waals surface area contributed by atoms with Gasteiger partial charge in [0.1, 0.15) is 0 Å². The predicted molar refractivity (Wildman–Crippen MR) is 67.9 cm³/mol. The Balaban J connectivity index is 1.82. The highest BCUT2D eigenvalue weighted by Crippen LogP contribution is 2.24. The Bertz CT molecular complexity index is 337. The van der Waals surface area contributed by atoms with Gasteiger partial charge in [0.05, 0.1) is 5.00 Å². The van der Waals surface area contributed by atoms with Gasteiger partial charge in [0.25, 0.3) is 0 Å². The molecule has 1 aliphatic carbocycles. The van der Waals surface area contributed by atoms with Crippen LogP contribution in [0.25, 0.3) is 0 Å². The maximum atomic E-state index is 11.7. The molecule has 1 saturated carbocycles. The van der Waals surface area contributed by atoms with Crippen LogP contribution in [0.3, 0.4) is 0 Å². The van der Waals surface area contributed by atoms with Crippen molar-refractivity contribution < 1.29 is 4.79 Å². The number of hydrogen-bond acceptors (Lipinski definition) is 2. The summed E-state index contributed by atoms with van der Waals surface area (Å²) in [5, 5.41) is 8.78. The fraction of sp³-hybridized carbons (Fsp3) is 0.583. The molecule has 16 heavy (non-hydrogen) atoms. The number of urea groups is 1. The molecule has 2 N–H and O–H groups in total. The molecular formula is C12H18N2OS. The lowest BCUT2D eigenvalue weighted by atomic mass is 9.86. The molecule has 1 fully saturated rings. The second kappa shape index (κ2) is 5.34. The molecule has 88 valence electrons. The van der Waals surface area contributed by atoms with E-state index < -0.39 is 0 Å². The molecule has 2 atom stereocenters. The number of rotatable bonds is 2. The van der Waals surface area contributed by atoms with Crippen LogP contribution in [0.5, 0.6) is 0 Å². The average molecular weight is 238 g/mol. The first-order chi connectivity index (χ1) is 7.75. The third-order valence-electron chi connectivity index (χ3n) is 3.19. The van der Waals surface area contributed by atoms with Crippen molar-refractivity contribution in [1.29, 1.82) is 0 Å². The lowest BCUT2D eigenvalue weighted by Crippen LogP contribution is -2.43. The molecule has 0 saturated heterocycles. The molecule has 0 aromatic carbocycles. The van der Waals surface area contributed by atoms with Crippen LogP contribution in [-0.4, -0.2) is 12.1 Å². The number of anilines is 1. The Hall–Kier alpha value is -1.03. The van der Waals surface area contributed by atoms with E-state index in [1.54, 1.807) is 11.3 Å². The lowest BCUT2D eigenvalue weighted by Gasteiger charge is -2.29. The summed E-state index contributed by atoms with van der Waals surface area (Å²) in [7, 11) is 0. The van der Waals surface area contributed by atoms with E-state index in [9.17, 15) is 4.79 Å². The van der Waals surface area contributed by atoms with Crippen LogP contribution in [0.2, 0.25) is 0 Å². The molecule has 1 aromatic heterocycles. The molecule has 1 heterocycles. The first-order valence-electron chi connectivity index (χ1n) is 5.87. The summed E-state index contributed by atoms with van der Waals surface area (Å²) in [4.78, 5) is 11.7. The standard InChI is InChI=1S/C12H18N2OS/c1-9-5-2-3-6-10(9)13-12(15)14-11-7-4-8-16-11/h4,7-10H,2-3,5-6H2,1H3,(H2,13,14,15). The lowest BCUT2D eigenvalue weighted by molar-refractivity contribution is 0.232. The molecule has 3 nitrogen and oxygen atoms in total. The maximum Gasteiger partial charge on any atom is 0.320 e. The first kappa shape index (κ1) is 11.5. The molecule has 1 aliphatic rings. The number of nitrogens with one attached hydrogen (secondary N) is 2. The van der Waals surface area contributed by atoms with E-state index in [-0.39, 0.29) is 6.03 Å². The fourth-order valence-electron chi connectivity index (χ4n) is 2.20. The van der Waals surface area contributed by atoms with Crippen molar-refractivity contribution in [3.63, 3.8) is 0 Å². The minimum Gasteiger partial charge on any atom is -0.335 e. The maximum absolute atomic E-state index is 11.7. The predicted octanol–water partition coefficient (Wildman–Crippen LogP) is 3.45. The van der Waals surface area contributed by atoms with Gasteiger partial charge in [-0.1, -0.05) is 19.8 Å². The molecule has 1 aromatic rings. The summed E-state index contributed by atoms with van der Waals surface area (Å²) in [6.45, 7) is 2.22. The van der Waals surface area contributed by atoms with Gasteiger partial charge in [0.15, 0.2) is 0 Å². The number of hydrogen-bond donors (Lipinski definition) is 2. The van der Waals surface area contributed by atoms with Crippen molar-refractivity contribution in [3.05, 3.63) is 17.5 Å². The third-order valence-corrected chi connectivity index (χ3v) is 3.97. The Morgan fingerprint density at radius 3 is 2.94 bits per heavy atom. The fourth-order valence-corrected chi connectivity index (χ4v) is 2.81. The van der Waals surface area contributed by atoms with Crippen molar-refractivity contribution in [2.45, 2.75) is 38.6 Å². The molecule has 2 unspecified atom stereocenters. The third kappa shape index (κ3) is 2.98. The van der Waals surface area contributed by atoms with E-state index in [2.05, 4.69) is 17.6 Å². The summed E-state index contributed by atoms with van der Waals surface area (Å²) in [6.07, 6.45) is 4.86. The minimum absolute atomic E-state index is 0.0683. The van der Waals surface area contributed by atoms with Gasteiger partial charge in [-0.3, -0.25) is 5.32 Å². The average Bonchev–Trinajstić information content (AvgIpc) is 2.74. The summed E-state index contributed by atoms with van der Waals surface area (Å²) in [6, 6.07) is 4.12. The Kier molecular flexibility index (Phi) is 3.83. The van der Waals surface area contributed by atoms with Crippen molar-refractivity contribution in [1.82, 2.24) is 5.32 Å². The van der Waals surface area contributed by atoms with Crippen LogP contribution in [0, 0.1) is 5.92 Å². The quantitative estimate of drug-likeness (QED) is 0.814. The van der Waals surface area contributed by atoms with E-state index >= 15 is 0 Å². The van der Waals surface area contributed by atoms with Crippen LogP contribution in [0.1, 0.15) is 32.6 Å². The van der Waals surface area contributed by atoms with Gasteiger partial charge in [0, 0.05) is 6.04 Å². The van der Waals surface area contributed by atoms with E-state index in [1.807, 2.05) is 17.5 Å². The molecule has 4 heteroatoms. The van der Waals surface area contributed by atoms with Gasteiger partial charge in [-0.25, -0.2) is 4.79 Å². The van der Waals surface area contributed by atoms with E-state index in [1.165, 1.54) is 19.3 Å². The van der Waals surface area contributed by atoms with E-state index in [0.717, 1.165) is 11.4 Å². The largest absolute Gasteiger partial charge is 0.335 e. The van der Waals surface area contributed by atoms with Crippen LogP contribution >= 0.6 is 11.3 Å². The van der Waals surface area contributed by atoms with Gasteiger partial charge in [0.2, 0.25) is 0 Å². The van der Waals surface area contributed by atoms with Gasteiger partial charge in [-0.05, 0) is 36.3 Å². The minimum atomic E-state index is -0.0683. The van der Waals surface area contributed by atoms with E-state index in [0.29, 0.717) is 12.0 Å². The van der Waals surface area contributed by atoms with Crippen LogP contribution in [0.4, 0.5) is 9.80 Å². The van der Waals surface area contributed by atoms with Crippen molar-refractivity contribution in [3.8, 4) is 0 Å². The summed E-state index contributed by atoms with van der Waals surface area (Å²) in [5.74, 6) is 0.600. The summed E-state index contributed by atoms with van der Waals surface area (Å²) in [5.41, 5.74) is 0. The Labute approximate surface area is 100 Å². The summed E-state index contributed by atoms with van der Waals surface area (Å²) >= 11 is 1.54. The number of carbonyl (C=O) groups excluding carboxylic acids is 1. The highest BCUT2D eigenvalue weighted by atomic mass is 32.1. The number of amides is 2. The monoisotopic (exact) mass is 238 g/mol. The highest BCUT2D eigenvalue weighted by molar-refractivity contribution is 7.14. The SMILES string of the molecule is CC1CCCCC1NC(=O)Nc1cccs1. The summed E-state index contributed by atoms with van der Waals surface area (Å²) < 4.78 is 0. The molecule has 0 radical (unpaired) electrons. The molecule has 0 bridgehead atoms. The normalized spacial score (nSPS) is 25.1. The molecule has 2 rings (SSSR count). The zero-order valence-electron chi connectivity index (χ0n) is 9.53. The van der Waals surface area contributed by atoms with Crippen molar-refractivity contribution in [2.24, 2.45) is 5.92 Å². The zero-order chi connectivity index (χ0) is 11.4. The smallest absolute Gasteiger partial charge is 0.320 e. The van der Waals surface area contributed by atoms with E-state index in [4.69, 9.17) is 0 Å². The van der Waals surface area contributed by atoms with Crippen LogP contribution < -0.4 is 10.6 Å². The number of carbonyl (C=O) groups is 1. The second-order valence-corrected chi connectivity index (χ2v) is 5.39. The van der Waals surface area contributed by atoms with Gasteiger partial charge < -0.3 is 5.32 Å². The molecular weight excluding hydrogens is 220 g/mol. The molecule has 0 aliphatic heterocycles. The topological polar surface area (TPSA) is 41.1 Å². The van der Waals surface area contributed by atoms with Crippen LogP contribution in [0.15, 0.2) is 17.5 Å². The Morgan fingerprint density at radius 2 is 2.25 bits per heavy atom. The highest BCUT2D eigenvalue weighted by Gasteiger charge is 2.22. The van der Waals surface area contributed by atoms with Crippen molar-refractivity contribution >= 4 is 22.4 Å². The zero-order valence-corrected chi connectivity index (χ0v) is 10.3. The molecule has 2 amide bonds. The Morgan fingerprint density at radius 1 is 1.44 bits per heavy atom. The van der Waals surface area contributed by atoms with Crippen LogP contribution in [-0.2, 0) is 0 Å².